The van der Waals surface area contributed by atoms with Crippen molar-refractivity contribution in [2.24, 2.45) is 0 Å². The molecule has 2 heteroatoms. The number of hydrogen-bond acceptors (Lipinski definition) is 1. The van der Waals surface area contributed by atoms with Gasteiger partial charge in [0.25, 0.3) is 0 Å². The minimum Gasteiger partial charge on any atom is -0.315 e. The molecular weight excluding hydrogens is 282 g/mol. The van der Waals surface area contributed by atoms with Crippen LogP contribution in [0.15, 0.2) is 60.7 Å². The van der Waals surface area contributed by atoms with E-state index in [9.17, 15) is 4.79 Å². The molecule has 1 aliphatic heterocycles. The van der Waals surface area contributed by atoms with Crippen molar-refractivity contribution in [2.75, 3.05) is 11.9 Å². The van der Waals surface area contributed by atoms with Crippen LogP contribution in [-0.4, -0.2) is 13.0 Å². The molecule has 1 amide bonds. The third-order valence-electron chi connectivity index (χ3n) is 4.89. The molecule has 1 aliphatic rings. The van der Waals surface area contributed by atoms with Crippen LogP contribution in [0, 0.1) is 6.92 Å². The fourth-order valence-corrected chi connectivity index (χ4v) is 3.57. The van der Waals surface area contributed by atoms with Crippen LogP contribution in [0.3, 0.4) is 0 Å². The van der Waals surface area contributed by atoms with Crippen molar-refractivity contribution in [3.05, 3.63) is 77.4 Å². The molecule has 0 saturated heterocycles. The second kappa shape index (κ2) is 5.24. The molecule has 3 aromatic rings. The van der Waals surface area contributed by atoms with Gasteiger partial charge in [-0.3, -0.25) is 4.79 Å². The van der Waals surface area contributed by atoms with Gasteiger partial charge in [-0.1, -0.05) is 60.2 Å². The topological polar surface area (TPSA) is 20.3 Å². The first-order valence-electron chi connectivity index (χ1n) is 8.00. The van der Waals surface area contributed by atoms with E-state index in [4.69, 9.17) is 0 Å². The van der Waals surface area contributed by atoms with Gasteiger partial charge in [0.05, 0.1) is 0 Å². The average Bonchev–Trinajstić information content (AvgIpc) is 2.58. The summed E-state index contributed by atoms with van der Waals surface area (Å²) in [6, 6.07) is 21.2. The van der Waals surface area contributed by atoms with Crippen molar-refractivity contribution in [3.63, 3.8) is 0 Å². The fourth-order valence-electron chi connectivity index (χ4n) is 3.57. The highest BCUT2D eigenvalue weighted by atomic mass is 16.2. The lowest BCUT2D eigenvalue weighted by molar-refractivity contribution is -0.118. The van der Waals surface area contributed by atoms with Crippen molar-refractivity contribution in [1.82, 2.24) is 0 Å². The lowest BCUT2D eigenvalue weighted by Gasteiger charge is -2.33. The van der Waals surface area contributed by atoms with Crippen LogP contribution in [0.1, 0.15) is 29.0 Å². The van der Waals surface area contributed by atoms with Gasteiger partial charge in [0.15, 0.2) is 0 Å². The van der Waals surface area contributed by atoms with Crippen LogP contribution in [0.25, 0.3) is 10.8 Å². The number of hydrogen-bond donors (Lipinski definition) is 0. The first-order valence-corrected chi connectivity index (χ1v) is 8.00. The van der Waals surface area contributed by atoms with E-state index in [2.05, 4.69) is 67.6 Å². The molecular formula is C21H19NO. The third-order valence-corrected chi connectivity index (χ3v) is 4.89. The lowest BCUT2D eigenvalue weighted by atomic mass is 9.81. The summed E-state index contributed by atoms with van der Waals surface area (Å²) in [7, 11) is 1.88. The predicted molar refractivity (Wildman–Crippen MR) is 95.0 cm³/mol. The third kappa shape index (κ3) is 2.22. The lowest BCUT2D eigenvalue weighted by Crippen LogP contribution is -2.33. The van der Waals surface area contributed by atoms with Gasteiger partial charge in [-0.15, -0.1) is 0 Å². The van der Waals surface area contributed by atoms with Crippen LogP contribution >= 0.6 is 0 Å². The Hall–Kier alpha value is -2.61. The number of benzene rings is 3. The molecule has 0 saturated carbocycles. The van der Waals surface area contributed by atoms with Crippen molar-refractivity contribution in [2.45, 2.75) is 19.3 Å². The Labute approximate surface area is 136 Å². The van der Waals surface area contributed by atoms with Crippen LogP contribution in [0.5, 0.6) is 0 Å². The van der Waals surface area contributed by atoms with E-state index in [1.54, 1.807) is 4.90 Å². The SMILES string of the molecule is Cc1ccc(C2CC(=O)N(C)c3ccc4ccccc4c32)cc1. The summed E-state index contributed by atoms with van der Waals surface area (Å²) in [5.74, 6) is 0.304. The number of anilines is 1. The van der Waals surface area contributed by atoms with Gasteiger partial charge >= 0.3 is 0 Å². The van der Waals surface area contributed by atoms with Gasteiger partial charge in [0.2, 0.25) is 5.91 Å². The van der Waals surface area contributed by atoms with Crippen molar-refractivity contribution in [1.29, 1.82) is 0 Å². The number of aryl methyl sites for hydroxylation is 1. The Balaban J connectivity index is 1.99. The largest absolute Gasteiger partial charge is 0.315 e. The fraction of sp³-hybridized carbons (Fsp3) is 0.190. The smallest absolute Gasteiger partial charge is 0.227 e. The molecule has 4 rings (SSSR count). The van der Waals surface area contributed by atoms with E-state index in [0.717, 1.165) is 5.69 Å². The maximum Gasteiger partial charge on any atom is 0.227 e. The molecule has 0 fully saturated rings. The molecule has 0 aromatic heterocycles. The summed E-state index contributed by atoms with van der Waals surface area (Å²) in [5, 5.41) is 2.47. The maximum absolute atomic E-state index is 12.5. The number of nitrogens with zero attached hydrogens (tertiary/aromatic N) is 1. The highest BCUT2D eigenvalue weighted by Gasteiger charge is 2.31. The summed E-state index contributed by atoms with van der Waals surface area (Å²) in [4.78, 5) is 14.3. The van der Waals surface area contributed by atoms with Gasteiger partial charge in [0.1, 0.15) is 0 Å². The average molecular weight is 301 g/mol. The van der Waals surface area contributed by atoms with E-state index in [1.807, 2.05) is 7.05 Å². The molecule has 0 radical (unpaired) electrons. The van der Waals surface area contributed by atoms with E-state index >= 15 is 0 Å². The molecule has 1 unspecified atom stereocenters. The van der Waals surface area contributed by atoms with Crippen molar-refractivity contribution < 1.29 is 4.79 Å². The minimum absolute atomic E-state index is 0.125. The monoisotopic (exact) mass is 301 g/mol. The molecule has 1 heterocycles. The highest BCUT2D eigenvalue weighted by molar-refractivity contribution is 6.02. The van der Waals surface area contributed by atoms with Gasteiger partial charge in [-0.05, 0) is 34.9 Å². The number of carbonyl (C=O) groups is 1. The summed E-state index contributed by atoms with van der Waals surface area (Å²) in [5.41, 5.74) is 4.76. The summed E-state index contributed by atoms with van der Waals surface area (Å²) in [6.45, 7) is 2.09. The summed E-state index contributed by atoms with van der Waals surface area (Å²) in [6.07, 6.45) is 0.528. The zero-order chi connectivity index (χ0) is 16.0. The molecule has 0 bridgehead atoms. The van der Waals surface area contributed by atoms with Crippen LogP contribution in [-0.2, 0) is 4.79 Å². The Morgan fingerprint density at radius 3 is 2.48 bits per heavy atom. The number of rotatable bonds is 1. The summed E-state index contributed by atoms with van der Waals surface area (Å²) >= 11 is 0. The Bertz CT molecular complexity index is 895. The van der Waals surface area contributed by atoms with Crippen molar-refractivity contribution >= 4 is 22.4 Å². The highest BCUT2D eigenvalue weighted by Crippen LogP contribution is 2.43. The number of fused-ring (bicyclic) bond motifs is 3. The zero-order valence-corrected chi connectivity index (χ0v) is 13.4. The minimum atomic E-state index is 0.125. The number of amides is 1. The molecule has 2 nitrogen and oxygen atoms in total. The Morgan fingerprint density at radius 1 is 0.957 bits per heavy atom. The molecule has 0 aliphatic carbocycles. The van der Waals surface area contributed by atoms with E-state index in [0.29, 0.717) is 6.42 Å². The van der Waals surface area contributed by atoms with Crippen LogP contribution in [0.2, 0.25) is 0 Å². The van der Waals surface area contributed by atoms with Crippen molar-refractivity contribution in [3.8, 4) is 0 Å². The zero-order valence-electron chi connectivity index (χ0n) is 13.4. The van der Waals surface area contributed by atoms with Gasteiger partial charge in [-0.25, -0.2) is 0 Å². The first kappa shape index (κ1) is 14.0. The molecule has 0 spiro atoms. The van der Waals surface area contributed by atoms with Gasteiger partial charge in [-0.2, -0.15) is 0 Å². The molecule has 23 heavy (non-hydrogen) atoms. The second-order valence-corrected chi connectivity index (χ2v) is 6.34. The van der Waals surface area contributed by atoms with E-state index < -0.39 is 0 Å². The Kier molecular flexibility index (Phi) is 3.19. The van der Waals surface area contributed by atoms with Gasteiger partial charge in [0, 0.05) is 25.1 Å². The Morgan fingerprint density at radius 2 is 1.70 bits per heavy atom. The van der Waals surface area contributed by atoms with Crippen LogP contribution in [0.4, 0.5) is 5.69 Å². The standard InChI is InChI=1S/C21H19NO/c1-14-7-9-16(10-8-14)18-13-20(23)22(2)19-12-11-15-5-3-4-6-17(15)21(18)19/h3-12,18H,13H2,1-2H3. The van der Waals surface area contributed by atoms with Crippen LogP contribution < -0.4 is 4.90 Å². The quantitative estimate of drug-likeness (QED) is 0.641. The van der Waals surface area contributed by atoms with E-state index in [1.165, 1.54) is 27.5 Å². The molecule has 3 aromatic carbocycles. The summed E-state index contributed by atoms with van der Waals surface area (Å²) < 4.78 is 0. The number of carbonyl (C=O) groups excluding carboxylic acids is 1. The maximum atomic E-state index is 12.5. The molecule has 114 valence electrons. The second-order valence-electron chi connectivity index (χ2n) is 6.34. The molecule has 0 N–H and O–H groups in total. The normalized spacial score (nSPS) is 17.4. The first-order chi connectivity index (χ1) is 11.1. The van der Waals surface area contributed by atoms with E-state index in [-0.39, 0.29) is 11.8 Å². The predicted octanol–water partition coefficient (Wildman–Crippen LogP) is 4.65. The molecule has 1 atom stereocenters. The van der Waals surface area contributed by atoms with Gasteiger partial charge < -0.3 is 4.90 Å².